The number of guanidine groups is 1. The fourth-order valence-electron chi connectivity index (χ4n) is 1.43. The lowest BCUT2D eigenvalue weighted by molar-refractivity contribution is -0.119. The van der Waals surface area contributed by atoms with Crippen molar-refractivity contribution in [2.75, 3.05) is 13.6 Å². The Morgan fingerprint density at radius 3 is 2.65 bits per heavy atom. The monoisotopic (exact) mass is 430 g/mol. The van der Waals surface area contributed by atoms with Crippen LogP contribution in [0.5, 0.6) is 0 Å². The van der Waals surface area contributed by atoms with Gasteiger partial charge in [0.15, 0.2) is 5.96 Å². The molecule has 0 saturated heterocycles. The van der Waals surface area contributed by atoms with Gasteiger partial charge in [0, 0.05) is 17.1 Å². The first-order valence-electron chi connectivity index (χ1n) is 5.66. The van der Waals surface area contributed by atoms with Gasteiger partial charge in [-0.15, -0.1) is 24.0 Å². The summed E-state index contributed by atoms with van der Waals surface area (Å²) in [5, 5.41) is 6.53. The van der Waals surface area contributed by atoms with E-state index in [1.54, 1.807) is 12.1 Å². The molecular formula is C12H17Cl2IN4O. The molecule has 0 saturated carbocycles. The largest absolute Gasteiger partial charge is 0.370 e. The average Bonchev–Trinajstić information content (AvgIpc) is 2.35. The minimum Gasteiger partial charge on any atom is -0.370 e. The normalized spacial score (nSPS) is 12.3. The van der Waals surface area contributed by atoms with Crippen LogP contribution < -0.4 is 16.4 Å². The number of nitrogens with one attached hydrogen (secondary N) is 2. The van der Waals surface area contributed by atoms with Crippen LogP contribution in [-0.2, 0) is 4.79 Å². The third-order valence-corrected chi connectivity index (χ3v) is 3.03. The van der Waals surface area contributed by atoms with E-state index in [4.69, 9.17) is 28.9 Å². The summed E-state index contributed by atoms with van der Waals surface area (Å²) in [6, 6.07) is 5.08. The third-order valence-electron chi connectivity index (χ3n) is 2.47. The fraction of sp³-hybridized carbons (Fsp3) is 0.333. The number of hydrogen-bond donors (Lipinski definition) is 3. The maximum absolute atomic E-state index is 11.0. The van der Waals surface area contributed by atoms with Crippen LogP contribution in [0.25, 0.3) is 0 Å². The zero-order valence-corrected chi connectivity index (χ0v) is 15.0. The summed E-state index contributed by atoms with van der Waals surface area (Å²) in [6.07, 6.45) is 0. The van der Waals surface area contributed by atoms with Crippen LogP contribution in [0, 0.1) is 0 Å². The van der Waals surface area contributed by atoms with Gasteiger partial charge in [0.1, 0.15) is 6.54 Å². The minimum atomic E-state index is -0.207. The molecule has 5 nitrogen and oxygen atoms in total. The molecule has 0 aliphatic rings. The van der Waals surface area contributed by atoms with Gasteiger partial charge in [0.25, 0.3) is 0 Å². The van der Waals surface area contributed by atoms with E-state index < -0.39 is 0 Å². The molecule has 8 heteroatoms. The topological polar surface area (TPSA) is 79.5 Å². The molecule has 112 valence electrons. The van der Waals surface area contributed by atoms with Crippen molar-refractivity contribution in [3.63, 3.8) is 0 Å². The van der Waals surface area contributed by atoms with Gasteiger partial charge in [-0.25, -0.2) is 4.99 Å². The van der Waals surface area contributed by atoms with Gasteiger partial charge in [0.2, 0.25) is 5.91 Å². The number of rotatable bonds is 4. The highest BCUT2D eigenvalue weighted by Gasteiger charge is 2.10. The Morgan fingerprint density at radius 2 is 2.10 bits per heavy atom. The Labute approximate surface area is 145 Å². The lowest BCUT2D eigenvalue weighted by atomic mass is 10.1. The van der Waals surface area contributed by atoms with Crippen molar-refractivity contribution in [3.8, 4) is 0 Å². The molecule has 0 fully saturated rings. The predicted molar refractivity (Wildman–Crippen MR) is 94.0 cm³/mol. The second kappa shape index (κ2) is 9.25. The summed E-state index contributed by atoms with van der Waals surface area (Å²) in [4.78, 5) is 14.9. The molecule has 1 aromatic carbocycles. The van der Waals surface area contributed by atoms with Gasteiger partial charge in [-0.2, -0.15) is 0 Å². The van der Waals surface area contributed by atoms with Gasteiger partial charge >= 0.3 is 0 Å². The van der Waals surface area contributed by atoms with Crippen molar-refractivity contribution in [2.45, 2.75) is 13.0 Å². The van der Waals surface area contributed by atoms with Gasteiger partial charge in [0.05, 0.1) is 6.04 Å². The highest BCUT2D eigenvalue weighted by atomic mass is 127. The minimum absolute atomic E-state index is 0. The number of halogens is 3. The molecule has 1 rings (SSSR count). The first kappa shape index (κ1) is 19.3. The Bertz CT molecular complexity index is 496. The van der Waals surface area contributed by atoms with Crippen LogP contribution in [0.3, 0.4) is 0 Å². The van der Waals surface area contributed by atoms with Gasteiger partial charge in [-0.05, 0) is 24.6 Å². The Kier molecular flexibility index (Phi) is 8.91. The number of amides is 1. The summed E-state index contributed by atoms with van der Waals surface area (Å²) in [7, 11) is 1.54. The van der Waals surface area contributed by atoms with Gasteiger partial charge in [-0.3, -0.25) is 4.79 Å². The van der Waals surface area contributed by atoms with Crippen LogP contribution in [-0.4, -0.2) is 25.5 Å². The van der Waals surface area contributed by atoms with Crippen LogP contribution in [0.15, 0.2) is 23.2 Å². The number of aliphatic imine (C=N–C) groups is 1. The lowest BCUT2D eigenvalue weighted by Crippen LogP contribution is -2.35. The van der Waals surface area contributed by atoms with E-state index in [9.17, 15) is 4.79 Å². The van der Waals surface area contributed by atoms with E-state index >= 15 is 0 Å². The standard InChI is InChI=1S/C12H16Cl2N4O.HI/c1-7(9-4-3-8(13)5-10(9)14)18-12(15)17-6-11(19)16-2;/h3-5,7H,6H2,1-2H3,(H,16,19)(H3,15,17,18);1H. The average molecular weight is 431 g/mol. The number of hydrogen-bond acceptors (Lipinski definition) is 2. The lowest BCUT2D eigenvalue weighted by Gasteiger charge is -2.16. The van der Waals surface area contributed by atoms with Gasteiger partial charge in [-0.1, -0.05) is 29.3 Å². The summed E-state index contributed by atoms with van der Waals surface area (Å²) in [6.45, 7) is 1.87. The van der Waals surface area contributed by atoms with Crippen molar-refractivity contribution in [2.24, 2.45) is 10.7 Å². The summed E-state index contributed by atoms with van der Waals surface area (Å²) >= 11 is 11.9. The number of nitrogens with zero attached hydrogens (tertiary/aromatic N) is 1. The molecule has 0 aliphatic carbocycles. The maximum Gasteiger partial charge on any atom is 0.241 e. The maximum atomic E-state index is 11.0. The summed E-state index contributed by atoms with van der Waals surface area (Å²) in [5.41, 5.74) is 6.54. The second-order valence-electron chi connectivity index (χ2n) is 3.91. The van der Waals surface area contributed by atoms with E-state index in [-0.39, 0.29) is 48.4 Å². The molecule has 1 atom stereocenters. The molecule has 0 heterocycles. The van der Waals surface area contributed by atoms with E-state index in [2.05, 4.69) is 15.6 Å². The van der Waals surface area contributed by atoms with Crippen molar-refractivity contribution in [3.05, 3.63) is 33.8 Å². The molecule has 0 spiro atoms. The molecule has 4 N–H and O–H groups in total. The zero-order valence-electron chi connectivity index (χ0n) is 11.1. The number of benzene rings is 1. The molecule has 0 bridgehead atoms. The molecule has 0 aromatic heterocycles. The number of nitrogens with two attached hydrogens (primary N) is 1. The highest BCUT2D eigenvalue weighted by Crippen LogP contribution is 2.25. The molecule has 1 aromatic rings. The van der Waals surface area contributed by atoms with Crippen LogP contribution >= 0.6 is 47.2 Å². The van der Waals surface area contributed by atoms with Gasteiger partial charge < -0.3 is 16.4 Å². The zero-order chi connectivity index (χ0) is 14.4. The first-order chi connectivity index (χ1) is 8.93. The van der Waals surface area contributed by atoms with E-state index in [0.717, 1.165) is 5.56 Å². The van der Waals surface area contributed by atoms with E-state index in [1.807, 2.05) is 13.0 Å². The molecule has 20 heavy (non-hydrogen) atoms. The van der Waals surface area contributed by atoms with Crippen molar-refractivity contribution in [1.29, 1.82) is 0 Å². The molecule has 1 amide bonds. The van der Waals surface area contributed by atoms with Crippen LogP contribution in [0.4, 0.5) is 0 Å². The predicted octanol–water partition coefficient (Wildman–Crippen LogP) is 2.32. The van der Waals surface area contributed by atoms with Crippen LogP contribution in [0.2, 0.25) is 10.0 Å². The van der Waals surface area contributed by atoms with E-state index in [1.165, 1.54) is 7.05 Å². The number of likely N-dealkylation sites (N-methyl/N-ethyl adjacent to an activating group) is 1. The Hall–Kier alpha value is -0.730. The molecule has 0 radical (unpaired) electrons. The van der Waals surface area contributed by atoms with Crippen LogP contribution in [0.1, 0.15) is 18.5 Å². The van der Waals surface area contributed by atoms with Crippen molar-refractivity contribution in [1.82, 2.24) is 10.6 Å². The molecule has 1 unspecified atom stereocenters. The van der Waals surface area contributed by atoms with E-state index in [0.29, 0.717) is 10.0 Å². The smallest absolute Gasteiger partial charge is 0.241 e. The first-order valence-corrected chi connectivity index (χ1v) is 6.41. The summed E-state index contributed by atoms with van der Waals surface area (Å²) in [5.74, 6) is -0.0240. The third kappa shape index (κ3) is 6.15. The number of carbonyl (C=O) groups is 1. The quantitative estimate of drug-likeness (QED) is 0.389. The van der Waals surface area contributed by atoms with Crippen molar-refractivity contribution < 1.29 is 4.79 Å². The second-order valence-corrected chi connectivity index (χ2v) is 4.75. The Balaban J connectivity index is 0.00000361. The molecular weight excluding hydrogens is 414 g/mol. The van der Waals surface area contributed by atoms with Crippen molar-refractivity contribution >= 4 is 59.0 Å². The molecule has 0 aliphatic heterocycles. The SMILES string of the molecule is CNC(=O)CN=C(N)NC(C)c1ccc(Cl)cc1Cl.I. The highest BCUT2D eigenvalue weighted by molar-refractivity contribution is 14.0. The summed E-state index contributed by atoms with van der Waals surface area (Å²) < 4.78 is 0. The number of carbonyl (C=O) groups excluding carboxylic acids is 1. The fourth-order valence-corrected chi connectivity index (χ4v) is 2.01. The Morgan fingerprint density at radius 1 is 1.45 bits per heavy atom.